The molecule has 0 unspecified atom stereocenters. The number of benzene rings is 2. The molecule has 2 heterocycles. The Hall–Kier alpha value is -1.56. The second kappa shape index (κ2) is 7.13. The van der Waals surface area contributed by atoms with Crippen molar-refractivity contribution in [3.63, 3.8) is 0 Å². The molecule has 0 radical (unpaired) electrons. The lowest BCUT2D eigenvalue weighted by Gasteiger charge is -2.34. The standard InChI is InChI=1S/C19H21N3S2/c1-23-16-8-5-9-17-18(16)20-19(24-17)22-12-10-21(11-13-22)14-15-6-3-2-4-7-15/h2-9H,10-14H2,1H3. The molecule has 1 aliphatic rings. The number of hydrogen-bond donors (Lipinski definition) is 0. The van der Waals surface area contributed by atoms with Crippen LogP contribution >= 0.6 is 23.1 Å². The zero-order valence-corrected chi connectivity index (χ0v) is 15.4. The van der Waals surface area contributed by atoms with Gasteiger partial charge >= 0.3 is 0 Å². The van der Waals surface area contributed by atoms with E-state index in [-0.39, 0.29) is 0 Å². The van der Waals surface area contributed by atoms with Crippen molar-refractivity contribution in [3.8, 4) is 0 Å². The number of hydrogen-bond acceptors (Lipinski definition) is 5. The summed E-state index contributed by atoms with van der Waals surface area (Å²) in [7, 11) is 0. The van der Waals surface area contributed by atoms with Gasteiger partial charge < -0.3 is 4.90 Å². The smallest absolute Gasteiger partial charge is 0.186 e. The van der Waals surface area contributed by atoms with Crippen molar-refractivity contribution in [2.45, 2.75) is 11.4 Å². The predicted molar refractivity (Wildman–Crippen MR) is 105 cm³/mol. The van der Waals surface area contributed by atoms with Crippen LogP contribution in [0.5, 0.6) is 0 Å². The Morgan fingerprint density at radius 1 is 1.00 bits per heavy atom. The van der Waals surface area contributed by atoms with Crippen molar-refractivity contribution in [2.24, 2.45) is 0 Å². The van der Waals surface area contributed by atoms with E-state index in [0.717, 1.165) is 38.2 Å². The fraction of sp³-hybridized carbons (Fsp3) is 0.316. The number of piperazine rings is 1. The fourth-order valence-corrected chi connectivity index (χ4v) is 4.82. The Bertz CT molecular complexity index is 808. The van der Waals surface area contributed by atoms with Crippen LogP contribution in [0.3, 0.4) is 0 Å². The van der Waals surface area contributed by atoms with Gasteiger partial charge in [-0.25, -0.2) is 4.98 Å². The van der Waals surface area contributed by atoms with Crippen molar-refractivity contribution < 1.29 is 0 Å². The van der Waals surface area contributed by atoms with Crippen LogP contribution in [0.1, 0.15) is 5.56 Å². The summed E-state index contributed by atoms with van der Waals surface area (Å²) in [6.07, 6.45) is 2.12. The van der Waals surface area contributed by atoms with Crippen LogP contribution in [0.4, 0.5) is 5.13 Å². The first-order valence-corrected chi connectivity index (χ1v) is 10.3. The molecule has 0 saturated carbocycles. The number of anilines is 1. The molecule has 3 aromatic rings. The zero-order valence-electron chi connectivity index (χ0n) is 13.8. The summed E-state index contributed by atoms with van der Waals surface area (Å²) in [5, 5.41) is 1.17. The molecule has 0 bridgehead atoms. The first-order valence-electron chi connectivity index (χ1n) is 8.28. The van der Waals surface area contributed by atoms with E-state index in [1.54, 1.807) is 11.8 Å². The van der Waals surface area contributed by atoms with Crippen molar-refractivity contribution >= 4 is 38.4 Å². The molecule has 124 valence electrons. The molecule has 4 rings (SSSR count). The van der Waals surface area contributed by atoms with Gasteiger partial charge in [0.05, 0.1) is 10.2 Å². The Kier molecular flexibility index (Phi) is 4.74. The molecule has 0 amide bonds. The number of para-hydroxylation sites is 1. The van der Waals surface area contributed by atoms with Gasteiger partial charge in [-0.15, -0.1) is 11.8 Å². The summed E-state index contributed by atoms with van der Waals surface area (Å²) in [6.45, 7) is 5.36. The number of thiazole rings is 1. The van der Waals surface area contributed by atoms with Gasteiger partial charge in [-0.3, -0.25) is 4.90 Å². The number of rotatable bonds is 4. The van der Waals surface area contributed by atoms with Gasteiger partial charge in [0.2, 0.25) is 0 Å². The monoisotopic (exact) mass is 355 g/mol. The van der Waals surface area contributed by atoms with E-state index in [2.05, 4.69) is 64.6 Å². The molecule has 1 saturated heterocycles. The molecule has 24 heavy (non-hydrogen) atoms. The van der Waals surface area contributed by atoms with E-state index in [1.165, 1.54) is 20.3 Å². The minimum Gasteiger partial charge on any atom is -0.345 e. The molecule has 1 aliphatic heterocycles. The van der Waals surface area contributed by atoms with Gasteiger partial charge in [-0.05, 0) is 24.0 Å². The fourth-order valence-electron chi connectivity index (χ4n) is 3.15. The lowest BCUT2D eigenvalue weighted by molar-refractivity contribution is 0.250. The molecule has 5 heteroatoms. The minimum atomic E-state index is 1.05. The normalized spacial score (nSPS) is 16.0. The minimum absolute atomic E-state index is 1.05. The second-order valence-corrected chi connectivity index (χ2v) is 7.91. The quantitative estimate of drug-likeness (QED) is 0.648. The lowest BCUT2D eigenvalue weighted by Crippen LogP contribution is -2.45. The molecule has 1 fully saturated rings. The van der Waals surface area contributed by atoms with Gasteiger partial charge in [0.15, 0.2) is 5.13 Å². The number of fused-ring (bicyclic) bond motifs is 1. The van der Waals surface area contributed by atoms with E-state index < -0.39 is 0 Å². The molecule has 3 nitrogen and oxygen atoms in total. The van der Waals surface area contributed by atoms with Gasteiger partial charge in [0.25, 0.3) is 0 Å². The Morgan fingerprint density at radius 3 is 2.54 bits per heavy atom. The SMILES string of the molecule is CSc1cccc2sc(N3CCN(Cc4ccccc4)CC3)nc12. The first kappa shape index (κ1) is 15.9. The number of aromatic nitrogens is 1. The maximum atomic E-state index is 4.92. The van der Waals surface area contributed by atoms with E-state index in [9.17, 15) is 0 Å². The van der Waals surface area contributed by atoms with Crippen LogP contribution in [0.2, 0.25) is 0 Å². The van der Waals surface area contributed by atoms with Crippen molar-refractivity contribution in [1.29, 1.82) is 0 Å². The largest absolute Gasteiger partial charge is 0.345 e. The van der Waals surface area contributed by atoms with Crippen LogP contribution in [-0.4, -0.2) is 42.3 Å². The average Bonchev–Trinajstić information content (AvgIpc) is 3.07. The molecule has 1 aromatic heterocycles. The number of thioether (sulfide) groups is 1. The van der Waals surface area contributed by atoms with Crippen LogP contribution in [0.25, 0.3) is 10.2 Å². The van der Waals surface area contributed by atoms with Crippen LogP contribution < -0.4 is 4.90 Å². The van der Waals surface area contributed by atoms with Crippen molar-refractivity contribution in [2.75, 3.05) is 37.3 Å². The highest BCUT2D eigenvalue weighted by atomic mass is 32.2. The summed E-state index contributed by atoms with van der Waals surface area (Å²) in [5.74, 6) is 0. The molecule has 0 spiro atoms. The molecule has 2 aromatic carbocycles. The molecular weight excluding hydrogens is 334 g/mol. The molecule has 0 atom stereocenters. The Morgan fingerprint density at radius 2 is 1.79 bits per heavy atom. The third-order valence-electron chi connectivity index (χ3n) is 4.48. The highest BCUT2D eigenvalue weighted by molar-refractivity contribution is 7.98. The lowest BCUT2D eigenvalue weighted by atomic mass is 10.2. The molecular formula is C19H21N3S2. The summed E-state index contributed by atoms with van der Waals surface area (Å²) < 4.78 is 1.29. The summed E-state index contributed by atoms with van der Waals surface area (Å²) in [5.41, 5.74) is 2.56. The number of nitrogens with zero attached hydrogens (tertiary/aromatic N) is 3. The first-order chi connectivity index (χ1) is 11.8. The molecule has 0 N–H and O–H groups in total. The van der Waals surface area contributed by atoms with Crippen molar-refractivity contribution in [1.82, 2.24) is 9.88 Å². The topological polar surface area (TPSA) is 19.4 Å². The third kappa shape index (κ3) is 3.29. The Labute approximate surface area is 151 Å². The van der Waals surface area contributed by atoms with E-state index in [1.807, 2.05) is 11.3 Å². The maximum absolute atomic E-state index is 4.92. The summed E-state index contributed by atoms with van der Waals surface area (Å²) in [6, 6.07) is 17.2. The van der Waals surface area contributed by atoms with Crippen LogP contribution in [0, 0.1) is 0 Å². The summed E-state index contributed by atoms with van der Waals surface area (Å²) in [4.78, 5) is 11.2. The highest BCUT2D eigenvalue weighted by Crippen LogP contribution is 2.34. The highest BCUT2D eigenvalue weighted by Gasteiger charge is 2.20. The van der Waals surface area contributed by atoms with E-state index in [0.29, 0.717) is 0 Å². The van der Waals surface area contributed by atoms with Crippen molar-refractivity contribution in [3.05, 3.63) is 54.1 Å². The zero-order chi connectivity index (χ0) is 16.4. The van der Waals surface area contributed by atoms with Crippen LogP contribution in [0.15, 0.2) is 53.4 Å². The molecule has 0 aliphatic carbocycles. The third-order valence-corrected chi connectivity index (χ3v) is 6.33. The van der Waals surface area contributed by atoms with Crippen LogP contribution in [-0.2, 0) is 6.54 Å². The van der Waals surface area contributed by atoms with Gasteiger partial charge in [0, 0.05) is 37.6 Å². The maximum Gasteiger partial charge on any atom is 0.186 e. The van der Waals surface area contributed by atoms with Gasteiger partial charge in [-0.2, -0.15) is 0 Å². The Balaban J connectivity index is 1.44. The average molecular weight is 356 g/mol. The van der Waals surface area contributed by atoms with E-state index >= 15 is 0 Å². The van der Waals surface area contributed by atoms with E-state index in [4.69, 9.17) is 4.98 Å². The summed E-state index contributed by atoms with van der Waals surface area (Å²) >= 11 is 3.60. The van der Waals surface area contributed by atoms with Gasteiger partial charge in [-0.1, -0.05) is 47.7 Å². The second-order valence-electron chi connectivity index (χ2n) is 6.05. The van der Waals surface area contributed by atoms with Gasteiger partial charge in [0.1, 0.15) is 0 Å². The predicted octanol–water partition coefficient (Wildman–Crippen LogP) is 4.34.